The zero-order chi connectivity index (χ0) is 12.1. The van der Waals surface area contributed by atoms with Crippen LogP contribution in [0.15, 0.2) is 54.4 Å². The van der Waals surface area contributed by atoms with Gasteiger partial charge in [-0.25, -0.2) is 8.78 Å². The first-order valence-corrected chi connectivity index (χ1v) is 4.82. The van der Waals surface area contributed by atoms with Gasteiger partial charge >= 0.3 is 0 Å². The second kappa shape index (κ2) is 5.35. The van der Waals surface area contributed by atoms with Gasteiger partial charge in [0.15, 0.2) is 0 Å². The molecule has 1 aromatic heterocycles. The summed E-state index contributed by atoms with van der Waals surface area (Å²) in [5.74, 6) is -1.15. The van der Waals surface area contributed by atoms with Crippen molar-refractivity contribution in [2.24, 2.45) is 0 Å². The van der Waals surface area contributed by atoms with Gasteiger partial charge in [0.05, 0.1) is 0 Å². The van der Waals surface area contributed by atoms with Crippen LogP contribution in [-0.4, -0.2) is 4.98 Å². The van der Waals surface area contributed by atoms with E-state index >= 15 is 0 Å². The standard InChI is InChI=1S/C13H13F2N/c1-9(12-5-4-6-16-8-12)7-13(15)10(2)11(3)14/h4-8H,1H2,2-3H3/b11-10+,13-7+. The molecule has 0 aliphatic rings. The maximum absolute atomic E-state index is 13.5. The summed E-state index contributed by atoms with van der Waals surface area (Å²) in [7, 11) is 0. The Morgan fingerprint density at radius 2 is 2.06 bits per heavy atom. The highest BCUT2D eigenvalue weighted by atomic mass is 19.1. The number of nitrogens with zero attached hydrogens (tertiary/aromatic N) is 1. The number of halogens is 2. The maximum atomic E-state index is 13.5. The third-order valence-corrected chi connectivity index (χ3v) is 2.21. The lowest BCUT2D eigenvalue weighted by Gasteiger charge is -2.01. The molecule has 0 aliphatic heterocycles. The summed E-state index contributed by atoms with van der Waals surface area (Å²) < 4.78 is 26.2. The molecule has 0 bridgehead atoms. The number of pyridine rings is 1. The van der Waals surface area contributed by atoms with Crippen LogP contribution in [-0.2, 0) is 0 Å². The highest BCUT2D eigenvalue weighted by molar-refractivity contribution is 5.72. The van der Waals surface area contributed by atoms with Crippen LogP contribution in [0, 0.1) is 0 Å². The van der Waals surface area contributed by atoms with E-state index in [1.165, 1.54) is 19.9 Å². The average Bonchev–Trinajstić information content (AvgIpc) is 2.28. The zero-order valence-corrected chi connectivity index (χ0v) is 9.30. The molecule has 0 saturated carbocycles. The molecule has 0 aromatic carbocycles. The third-order valence-electron chi connectivity index (χ3n) is 2.21. The first-order chi connectivity index (χ1) is 7.52. The molecule has 1 nitrogen and oxygen atoms in total. The van der Waals surface area contributed by atoms with Crippen LogP contribution in [0.1, 0.15) is 19.4 Å². The first kappa shape index (κ1) is 12.3. The molecule has 0 atom stereocenters. The van der Waals surface area contributed by atoms with E-state index in [-0.39, 0.29) is 5.57 Å². The number of allylic oxidation sites excluding steroid dienone is 5. The molecule has 1 heterocycles. The Morgan fingerprint density at radius 1 is 1.38 bits per heavy atom. The lowest BCUT2D eigenvalue weighted by Crippen LogP contribution is -1.84. The fourth-order valence-corrected chi connectivity index (χ4v) is 1.06. The number of rotatable bonds is 3. The van der Waals surface area contributed by atoms with Gasteiger partial charge in [-0.2, -0.15) is 0 Å². The molecule has 0 saturated heterocycles. The van der Waals surface area contributed by atoms with Crippen LogP contribution in [0.3, 0.4) is 0 Å². The number of hydrogen-bond donors (Lipinski definition) is 0. The van der Waals surface area contributed by atoms with E-state index < -0.39 is 11.7 Å². The minimum atomic E-state index is -0.617. The van der Waals surface area contributed by atoms with Gasteiger partial charge in [-0.15, -0.1) is 0 Å². The molecule has 0 spiro atoms. The Kier molecular flexibility index (Phi) is 4.11. The molecule has 0 aliphatic carbocycles. The van der Waals surface area contributed by atoms with E-state index in [2.05, 4.69) is 11.6 Å². The fraction of sp³-hybridized carbons (Fsp3) is 0.154. The fourth-order valence-electron chi connectivity index (χ4n) is 1.06. The van der Waals surface area contributed by atoms with E-state index in [1.54, 1.807) is 24.5 Å². The van der Waals surface area contributed by atoms with E-state index in [1.807, 2.05) is 0 Å². The van der Waals surface area contributed by atoms with Crippen molar-refractivity contribution in [2.45, 2.75) is 13.8 Å². The molecule has 0 radical (unpaired) electrons. The van der Waals surface area contributed by atoms with Gasteiger partial charge in [0.1, 0.15) is 11.7 Å². The first-order valence-electron chi connectivity index (χ1n) is 4.82. The Hall–Kier alpha value is -1.77. The zero-order valence-electron chi connectivity index (χ0n) is 9.30. The molecule has 0 N–H and O–H groups in total. The van der Waals surface area contributed by atoms with Crippen LogP contribution < -0.4 is 0 Å². The van der Waals surface area contributed by atoms with Crippen molar-refractivity contribution in [3.63, 3.8) is 0 Å². The summed E-state index contributed by atoms with van der Waals surface area (Å²) >= 11 is 0. The molecule has 1 aromatic rings. The molecule has 16 heavy (non-hydrogen) atoms. The summed E-state index contributed by atoms with van der Waals surface area (Å²) in [6, 6.07) is 3.50. The van der Waals surface area contributed by atoms with Gasteiger partial charge in [-0.3, -0.25) is 4.98 Å². The van der Waals surface area contributed by atoms with Crippen molar-refractivity contribution in [2.75, 3.05) is 0 Å². The quantitative estimate of drug-likeness (QED) is 0.696. The number of aromatic nitrogens is 1. The Bertz CT molecular complexity index is 440. The topological polar surface area (TPSA) is 12.9 Å². The van der Waals surface area contributed by atoms with Gasteiger partial charge < -0.3 is 0 Å². The number of hydrogen-bond acceptors (Lipinski definition) is 1. The maximum Gasteiger partial charge on any atom is 0.129 e. The Morgan fingerprint density at radius 3 is 2.56 bits per heavy atom. The van der Waals surface area contributed by atoms with Gasteiger partial charge in [-0.05, 0) is 37.1 Å². The van der Waals surface area contributed by atoms with Gasteiger partial charge in [0, 0.05) is 18.0 Å². The second-order valence-corrected chi connectivity index (χ2v) is 3.42. The molecular weight excluding hydrogens is 208 g/mol. The summed E-state index contributed by atoms with van der Waals surface area (Å²) in [4.78, 5) is 3.89. The third kappa shape index (κ3) is 3.12. The smallest absolute Gasteiger partial charge is 0.129 e. The summed E-state index contributed by atoms with van der Waals surface area (Å²) in [5.41, 5.74) is 1.17. The molecule has 0 amide bonds. The van der Waals surface area contributed by atoms with Gasteiger partial charge in [0.25, 0.3) is 0 Å². The summed E-state index contributed by atoms with van der Waals surface area (Å²) in [6.07, 6.45) is 4.40. The van der Waals surface area contributed by atoms with Crippen LogP contribution in [0.5, 0.6) is 0 Å². The van der Waals surface area contributed by atoms with Crippen molar-refractivity contribution in [3.05, 3.63) is 60.0 Å². The van der Waals surface area contributed by atoms with Gasteiger partial charge in [0.2, 0.25) is 0 Å². The predicted octanol–water partition coefficient (Wildman–Crippen LogP) is 4.21. The SMILES string of the molecule is C=C(/C=C(F)\C(C)=C(/C)F)c1cccnc1. The second-order valence-electron chi connectivity index (χ2n) is 3.42. The van der Waals surface area contributed by atoms with Crippen LogP contribution in [0.2, 0.25) is 0 Å². The van der Waals surface area contributed by atoms with Crippen LogP contribution >= 0.6 is 0 Å². The van der Waals surface area contributed by atoms with E-state index in [0.29, 0.717) is 11.1 Å². The van der Waals surface area contributed by atoms with Crippen LogP contribution in [0.25, 0.3) is 5.57 Å². The van der Waals surface area contributed by atoms with Crippen molar-refractivity contribution in [1.82, 2.24) is 4.98 Å². The normalized spacial score (nSPS) is 13.4. The predicted molar refractivity (Wildman–Crippen MR) is 61.9 cm³/mol. The minimum absolute atomic E-state index is 0.00922. The van der Waals surface area contributed by atoms with E-state index in [4.69, 9.17) is 0 Å². The minimum Gasteiger partial charge on any atom is -0.264 e. The van der Waals surface area contributed by atoms with Crippen LogP contribution in [0.4, 0.5) is 8.78 Å². The van der Waals surface area contributed by atoms with Crippen molar-refractivity contribution in [1.29, 1.82) is 0 Å². The molecule has 3 heteroatoms. The molecule has 0 fully saturated rings. The molecule has 0 unspecified atom stereocenters. The largest absolute Gasteiger partial charge is 0.264 e. The Labute approximate surface area is 93.8 Å². The highest BCUT2D eigenvalue weighted by Crippen LogP contribution is 2.21. The van der Waals surface area contributed by atoms with Crippen molar-refractivity contribution < 1.29 is 8.78 Å². The monoisotopic (exact) mass is 221 g/mol. The summed E-state index contributed by atoms with van der Waals surface area (Å²) in [5, 5.41) is 0. The van der Waals surface area contributed by atoms with Crippen molar-refractivity contribution in [3.8, 4) is 0 Å². The summed E-state index contributed by atoms with van der Waals surface area (Å²) in [6.45, 7) is 6.31. The molecule has 84 valence electrons. The van der Waals surface area contributed by atoms with E-state index in [0.717, 1.165) is 0 Å². The molecule has 1 rings (SSSR count). The average molecular weight is 221 g/mol. The highest BCUT2D eigenvalue weighted by Gasteiger charge is 2.04. The van der Waals surface area contributed by atoms with Crippen molar-refractivity contribution >= 4 is 5.57 Å². The van der Waals surface area contributed by atoms with Gasteiger partial charge in [-0.1, -0.05) is 12.6 Å². The Balaban J connectivity index is 2.95. The molecular formula is C13H13F2N. The van der Waals surface area contributed by atoms with E-state index in [9.17, 15) is 8.78 Å². The lowest BCUT2D eigenvalue weighted by atomic mass is 10.1. The lowest BCUT2D eigenvalue weighted by molar-refractivity contribution is 0.595.